The first-order chi connectivity index (χ1) is 7.52. The second kappa shape index (κ2) is 3.90. The molecule has 5 nitrogen and oxygen atoms in total. The molecule has 1 aromatic heterocycles. The van der Waals surface area contributed by atoms with E-state index in [0.717, 1.165) is 19.3 Å². The average molecular weight is 243 g/mol. The van der Waals surface area contributed by atoms with E-state index in [9.17, 15) is 10.1 Å². The van der Waals surface area contributed by atoms with E-state index < -0.39 is 4.92 Å². The smallest absolute Gasteiger partial charge is 0.347 e. The normalized spacial score (nSPS) is 17.6. The first kappa shape index (κ1) is 11.1. The Morgan fingerprint density at radius 1 is 1.62 bits per heavy atom. The van der Waals surface area contributed by atoms with Crippen LogP contribution in [0.1, 0.15) is 26.2 Å². The van der Waals surface area contributed by atoms with Crippen LogP contribution < -0.4 is 4.74 Å². The molecule has 1 heterocycles. The zero-order chi connectivity index (χ0) is 11.8. The number of hydrogen-bond donors (Lipinski definition) is 0. The van der Waals surface area contributed by atoms with Crippen molar-refractivity contribution in [3.63, 3.8) is 0 Å². The minimum absolute atomic E-state index is 0.134. The number of hydrogen-bond acceptors (Lipinski definition) is 4. The number of halogens is 1. The highest BCUT2D eigenvalue weighted by Gasteiger charge is 2.36. The fourth-order valence-electron chi connectivity index (χ4n) is 1.70. The minimum atomic E-state index is -0.563. The summed E-state index contributed by atoms with van der Waals surface area (Å²) in [5.74, 6) is 0.201. The molecule has 86 valence electrons. The van der Waals surface area contributed by atoms with Crippen LogP contribution in [0.4, 0.5) is 5.69 Å². The predicted octanol–water partition coefficient (Wildman–Crippen LogP) is 2.96. The van der Waals surface area contributed by atoms with Crippen molar-refractivity contribution >= 4 is 17.3 Å². The third-order valence-corrected chi connectivity index (χ3v) is 3.07. The molecular formula is C10H11ClN2O3. The van der Waals surface area contributed by atoms with Crippen molar-refractivity contribution in [3.05, 3.63) is 27.5 Å². The highest BCUT2D eigenvalue weighted by molar-refractivity contribution is 6.31. The van der Waals surface area contributed by atoms with Crippen molar-refractivity contribution in [2.24, 2.45) is 0 Å². The molecule has 6 heteroatoms. The number of aromatic nitrogens is 1. The van der Waals surface area contributed by atoms with E-state index in [1.54, 1.807) is 0 Å². The van der Waals surface area contributed by atoms with Gasteiger partial charge in [-0.15, -0.1) is 0 Å². The topological polar surface area (TPSA) is 65.3 Å². The van der Waals surface area contributed by atoms with Gasteiger partial charge in [0.25, 0.3) is 0 Å². The Labute approximate surface area is 97.5 Å². The first-order valence-electron chi connectivity index (χ1n) is 5.00. The first-order valence-corrected chi connectivity index (χ1v) is 5.37. The Kier molecular flexibility index (Phi) is 2.71. The van der Waals surface area contributed by atoms with Gasteiger partial charge in [-0.2, -0.15) is 0 Å². The highest BCUT2D eigenvalue weighted by atomic mass is 35.5. The van der Waals surface area contributed by atoms with E-state index >= 15 is 0 Å². The van der Waals surface area contributed by atoms with Gasteiger partial charge in [0.2, 0.25) is 10.9 Å². The van der Waals surface area contributed by atoms with Crippen LogP contribution >= 0.6 is 11.6 Å². The highest BCUT2D eigenvalue weighted by Crippen LogP contribution is 2.40. The number of ether oxygens (including phenoxy) is 1. The molecule has 0 aliphatic heterocycles. The van der Waals surface area contributed by atoms with Crippen molar-refractivity contribution < 1.29 is 9.66 Å². The maximum Gasteiger partial charge on any atom is 0.347 e. The number of nitro groups is 1. The van der Waals surface area contributed by atoms with Crippen LogP contribution in [0.5, 0.6) is 5.75 Å². The van der Waals surface area contributed by atoms with Gasteiger partial charge in [-0.3, -0.25) is 10.1 Å². The van der Waals surface area contributed by atoms with E-state index in [0.29, 0.717) is 0 Å². The monoisotopic (exact) mass is 242 g/mol. The fourth-order valence-corrected chi connectivity index (χ4v) is 1.92. The molecule has 0 unspecified atom stereocenters. The molecule has 1 fully saturated rings. The summed E-state index contributed by atoms with van der Waals surface area (Å²) in [4.78, 5) is 14.0. The summed E-state index contributed by atoms with van der Waals surface area (Å²) in [5.41, 5.74) is -0.549. The summed E-state index contributed by atoms with van der Waals surface area (Å²) in [6.45, 7) is 1.94. The van der Waals surface area contributed by atoms with Gasteiger partial charge < -0.3 is 4.74 Å². The van der Waals surface area contributed by atoms with Crippen LogP contribution in [-0.2, 0) is 0 Å². The number of nitrogens with zero attached hydrogens (tertiary/aromatic N) is 2. The summed E-state index contributed by atoms with van der Waals surface area (Å²) in [7, 11) is 0. The third kappa shape index (κ3) is 1.95. The SMILES string of the molecule is CC1(Oc2ccnc(Cl)c2[N+](=O)[O-])CCC1. The van der Waals surface area contributed by atoms with Gasteiger partial charge in [0.1, 0.15) is 5.60 Å². The molecule has 0 N–H and O–H groups in total. The van der Waals surface area contributed by atoms with E-state index in [2.05, 4.69) is 4.98 Å². The van der Waals surface area contributed by atoms with Crippen LogP contribution in [0, 0.1) is 10.1 Å². The minimum Gasteiger partial charge on any atom is -0.480 e. The van der Waals surface area contributed by atoms with Crippen molar-refractivity contribution in [1.82, 2.24) is 4.98 Å². The average Bonchev–Trinajstić information content (AvgIpc) is 2.14. The van der Waals surface area contributed by atoms with Crippen LogP contribution in [0.15, 0.2) is 12.3 Å². The molecule has 0 aromatic carbocycles. The lowest BCUT2D eigenvalue weighted by Crippen LogP contribution is -2.39. The summed E-state index contributed by atoms with van der Waals surface area (Å²) in [6, 6.07) is 1.48. The summed E-state index contributed by atoms with van der Waals surface area (Å²) in [6.07, 6.45) is 4.31. The zero-order valence-corrected chi connectivity index (χ0v) is 9.53. The van der Waals surface area contributed by atoms with E-state index in [1.807, 2.05) is 6.92 Å². The van der Waals surface area contributed by atoms with Crippen LogP contribution in [0.3, 0.4) is 0 Å². The lowest BCUT2D eigenvalue weighted by Gasteiger charge is -2.38. The fraction of sp³-hybridized carbons (Fsp3) is 0.500. The van der Waals surface area contributed by atoms with Crippen molar-refractivity contribution in [3.8, 4) is 5.75 Å². The Morgan fingerprint density at radius 2 is 2.31 bits per heavy atom. The Morgan fingerprint density at radius 3 is 2.81 bits per heavy atom. The Bertz CT molecular complexity index is 432. The Balaban J connectivity index is 2.32. The molecular weight excluding hydrogens is 232 g/mol. The lowest BCUT2D eigenvalue weighted by molar-refractivity contribution is -0.386. The van der Waals surface area contributed by atoms with E-state index in [-0.39, 0.29) is 22.2 Å². The molecule has 1 aromatic rings. The molecule has 1 aliphatic rings. The van der Waals surface area contributed by atoms with Gasteiger partial charge in [-0.05, 0) is 26.2 Å². The second-order valence-electron chi connectivity index (χ2n) is 4.11. The van der Waals surface area contributed by atoms with Crippen molar-refractivity contribution in [2.75, 3.05) is 0 Å². The molecule has 0 bridgehead atoms. The molecule has 1 saturated carbocycles. The predicted molar refractivity (Wildman–Crippen MR) is 58.8 cm³/mol. The molecule has 0 radical (unpaired) electrons. The van der Waals surface area contributed by atoms with Crippen LogP contribution in [0.25, 0.3) is 0 Å². The van der Waals surface area contributed by atoms with Crippen molar-refractivity contribution in [2.45, 2.75) is 31.8 Å². The van der Waals surface area contributed by atoms with Gasteiger partial charge in [0.05, 0.1) is 4.92 Å². The third-order valence-electron chi connectivity index (χ3n) is 2.79. The maximum atomic E-state index is 10.8. The second-order valence-corrected chi connectivity index (χ2v) is 4.47. The molecule has 0 saturated heterocycles. The van der Waals surface area contributed by atoms with Crippen LogP contribution in [0.2, 0.25) is 5.15 Å². The number of rotatable bonds is 3. The Hall–Kier alpha value is -1.36. The lowest BCUT2D eigenvalue weighted by atomic mass is 9.82. The van der Waals surface area contributed by atoms with E-state index in [4.69, 9.17) is 16.3 Å². The van der Waals surface area contributed by atoms with Gasteiger partial charge in [0.15, 0.2) is 0 Å². The maximum absolute atomic E-state index is 10.8. The molecule has 1 aliphatic carbocycles. The van der Waals surface area contributed by atoms with Gasteiger partial charge >= 0.3 is 5.69 Å². The zero-order valence-electron chi connectivity index (χ0n) is 8.77. The van der Waals surface area contributed by atoms with Gasteiger partial charge in [0, 0.05) is 12.3 Å². The molecule has 16 heavy (non-hydrogen) atoms. The molecule has 0 atom stereocenters. The van der Waals surface area contributed by atoms with Crippen LogP contribution in [-0.4, -0.2) is 15.5 Å². The van der Waals surface area contributed by atoms with Gasteiger partial charge in [-0.1, -0.05) is 11.6 Å². The van der Waals surface area contributed by atoms with Crippen molar-refractivity contribution in [1.29, 1.82) is 0 Å². The molecule has 0 amide bonds. The summed E-state index contributed by atoms with van der Waals surface area (Å²) >= 11 is 5.68. The summed E-state index contributed by atoms with van der Waals surface area (Å²) < 4.78 is 5.64. The molecule has 0 spiro atoms. The number of pyridine rings is 1. The van der Waals surface area contributed by atoms with E-state index in [1.165, 1.54) is 12.3 Å². The largest absolute Gasteiger partial charge is 0.480 e. The quantitative estimate of drug-likeness (QED) is 0.464. The molecule has 2 rings (SSSR count). The van der Waals surface area contributed by atoms with Gasteiger partial charge in [-0.25, -0.2) is 4.98 Å². The standard InChI is InChI=1S/C10H11ClN2O3/c1-10(4-2-5-10)16-7-3-6-12-9(11)8(7)13(14)15/h3,6H,2,4-5H2,1H3. The summed E-state index contributed by atoms with van der Waals surface area (Å²) in [5, 5.41) is 10.7.